The Morgan fingerprint density at radius 1 is 1.22 bits per heavy atom. The minimum absolute atomic E-state index is 0.0571. The number of anilines is 1. The molecule has 1 aliphatic carbocycles. The summed E-state index contributed by atoms with van der Waals surface area (Å²) in [5, 5.41) is 20.7. The van der Waals surface area contributed by atoms with Gasteiger partial charge in [0.2, 0.25) is 0 Å². The van der Waals surface area contributed by atoms with Crippen molar-refractivity contribution in [3.63, 3.8) is 0 Å². The van der Waals surface area contributed by atoms with E-state index in [4.69, 9.17) is 0 Å². The molecule has 1 amide bonds. The van der Waals surface area contributed by atoms with Crippen molar-refractivity contribution in [2.75, 3.05) is 11.9 Å². The molecule has 1 aliphatic rings. The Balaban J connectivity index is 1.41. The van der Waals surface area contributed by atoms with E-state index in [1.807, 2.05) is 12.1 Å². The van der Waals surface area contributed by atoms with Crippen LogP contribution in [0.2, 0.25) is 0 Å². The van der Waals surface area contributed by atoms with Crippen LogP contribution in [0.3, 0.4) is 0 Å². The van der Waals surface area contributed by atoms with Gasteiger partial charge in [0.15, 0.2) is 0 Å². The molecule has 7 heteroatoms. The van der Waals surface area contributed by atoms with Crippen molar-refractivity contribution < 1.29 is 9.72 Å². The van der Waals surface area contributed by atoms with E-state index < -0.39 is 4.92 Å². The van der Waals surface area contributed by atoms with Crippen LogP contribution in [0, 0.1) is 10.1 Å². The molecule has 1 fully saturated rings. The highest BCUT2D eigenvalue weighted by Crippen LogP contribution is 2.31. The summed E-state index contributed by atoms with van der Waals surface area (Å²) in [6, 6.07) is 13.1. The number of carbonyl (C=O) groups excluding carboxylic acids is 1. The van der Waals surface area contributed by atoms with Crippen LogP contribution in [0.1, 0.15) is 28.8 Å². The number of hydrogen-bond acceptors (Lipinski definition) is 5. The van der Waals surface area contributed by atoms with Crippen LogP contribution in [0.4, 0.5) is 11.4 Å². The molecule has 0 saturated heterocycles. The van der Waals surface area contributed by atoms with Gasteiger partial charge in [0.1, 0.15) is 5.69 Å². The molecular formula is C20H19N3O3S. The lowest BCUT2D eigenvalue weighted by Crippen LogP contribution is -2.25. The van der Waals surface area contributed by atoms with Crippen LogP contribution in [-0.4, -0.2) is 23.4 Å². The monoisotopic (exact) mass is 381 g/mol. The summed E-state index contributed by atoms with van der Waals surface area (Å²) in [4.78, 5) is 23.3. The number of thiophene rings is 1. The van der Waals surface area contributed by atoms with E-state index in [2.05, 4.69) is 28.1 Å². The Labute approximate surface area is 160 Å². The zero-order valence-electron chi connectivity index (χ0n) is 14.6. The summed E-state index contributed by atoms with van der Waals surface area (Å²) in [5.41, 5.74) is 1.92. The van der Waals surface area contributed by atoms with E-state index in [0.717, 1.165) is 19.3 Å². The SMILES string of the molecule is O=C(NCCc1csc2ccccc12)c1ccc(NC2CC2)c([N+](=O)[O-])c1. The highest BCUT2D eigenvalue weighted by molar-refractivity contribution is 7.17. The van der Waals surface area contributed by atoms with Gasteiger partial charge >= 0.3 is 0 Å². The zero-order valence-corrected chi connectivity index (χ0v) is 15.4. The molecule has 0 spiro atoms. The van der Waals surface area contributed by atoms with Crippen LogP contribution < -0.4 is 10.6 Å². The smallest absolute Gasteiger partial charge is 0.293 e. The van der Waals surface area contributed by atoms with Crippen LogP contribution in [-0.2, 0) is 6.42 Å². The maximum absolute atomic E-state index is 12.4. The molecule has 27 heavy (non-hydrogen) atoms. The summed E-state index contributed by atoms with van der Waals surface area (Å²) < 4.78 is 1.23. The van der Waals surface area contributed by atoms with E-state index in [0.29, 0.717) is 23.8 Å². The average molecular weight is 381 g/mol. The lowest BCUT2D eigenvalue weighted by atomic mass is 10.1. The highest BCUT2D eigenvalue weighted by Gasteiger charge is 2.25. The van der Waals surface area contributed by atoms with Crippen molar-refractivity contribution in [3.8, 4) is 0 Å². The number of benzene rings is 2. The highest BCUT2D eigenvalue weighted by atomic mass is 32.1. The summed E-state index contributed by atoms with van der Waals surface area (Å²) in [6.07, 6.45) is 2.77. The summed E-state index contributed by atoms with van der Waals surface area (Å²) in [7, 11) is 0. The molecule has 1 aromatic heterocycles. The van der Waals surface area contributed by atoms with E-state index in [1.165, 1.54) is 21.7 Å². The second-order valence-electron chi connectivity index (χ2n) is 6.67. The third-order valence-corrected chi connectivity index (χ3v) is 5.65. The van der Waals surface area contributed by atoms with Gasteiger partial charge in [-0.1, -0.05) is 18.2 Å². The number of rotatable bonds is 7. The molecule has 0 unspecified atom stereocenters. The van der Waals surface area contributed by atoms with Gasteiger partial charge in [-0.2, -0.15) is 0 Å². The van der Waals surface area contributed by atoms with Crippen molar-refractivity contribution in [1.29, 1.82) is 0 Å². The average Bonchev–Trinajstić information content (AvgIpc) is 3.40. The number of carbonyl (C=O) groups is 1. The third kappa shape index (κ3) is 3.93. The molecule has 2 N–H and O–H groups in total. The number of amides is 1. The Bertz CT molecular complexity index is 1010. The number of hydrogen-bond donors (Lipinski definition) is 2. The molecule has 138 valence electrons. The number of nitro benzene ring substituents is 1. The first kappa shape index (κ1) is 17.5. The Kier molecular flexibility index (Phi) is 4.77. The molecule has 1 saturated carbocycles. The molecular weight excluding hydrogens is 362 g/mol. The van der Waals surface area contributed by atoms with E-state index in [9.17, 15) is 14.9 Å². The molecule has 3 aromatic rings. The summed E-state index contributed by atoms with van der Waals surface area (Å²) in [6.45, 7) is 0.482. The van der Waals surface area contributed by atoms with Crippen molar-refractivity contribution >= 4 is 38.7 Å². The Morgan fingerprint density at radius 2 is 2.04 bits per heavy atom. The molecule has 0 atom stereocenters. The standard InChI is InChI=1S/C20H19N3O3S/c24-20(21-10-9-14-12-27-19-4-2-1-3-16(14)19)13-5-8-17(22-15-6-7-15)18(11-13)23(25)26/h1-5,8,11-12,15,22H,6-7,9-10H2,(H,21,24). The molecule has 1 heterocycles. The molecule has 0 bridgehead atoms. The summed E-state index contributed by atoms with van der Waals surface area (Å²) in [5.74, 6) is -0.296. The van der Waals surface area contributed by atoms with Gasteiger partial charge in [-0.3, -0.25) is 14.9 Å². The second kappa shape index (κ2) is 7.36. The van der Waals surface area contributed by atoms with Crippen LogP contribution in [0.25, 0.3) is 10.1 Å². The molecule has 4 rings (SSSR count). The number of nitro groups is 1. The molecule has 0 radical (unpaired) electrons. The quantitative estimate of drug-likeness (QED) is 0.470. The Hall–Kier alpha value is -2.93. The van der Waals surface area contributed by atoms with Crippen molar-refractivity contribution in [1.82, 2.24) is 5.32 Å². The van der Waals surface area contributed by atoms with Crippen LogP contribution in [0.15, 0.2) is 47.8 Å². The van der Waals surface area contributed by atoms with E-state index >= 15 is 0 Å². The number of nitrogens with zero attached hydrogens (tertiary/aromatic N) is 1. The van der Waals surface area contributed by atoms with Gasteiger partial charge in [-0.05, 0) is 53.8 Å². The topological polar surface area (TPSA) is 84.3 Å². The minimum Gasteiger partial charge on any atom is -0.377 e. The first-order valence-corrected chi connectivity index (χ1v) is 9.78. The summed E-state index contributed by atoms with van der Waals surface area (Å²) >= 11 is 1.69. The predicted molar refractivity (Wildman–Crippen MR) is 108 cm³/mol. The maximum Gasteiger partial charge on any atom is 0.293 e. The van der Waals surface area contributed by atoms with Crippen LogP contribution in [0.5, 0.6) is 0 Å². The van der Waals surface area contributed by atoms with Gasteiger partial charge in [0, 0.05) is 28.9 Å². The van der Waals surface area contributed by atoms with Crippen molar-refractivity contribution in [2.24, 2.45) is 0 Å². The molecule has 0 aliphatic heterocycles. The fraction of sp³-hybridized carbons (Fsp3) is 0.250. The largest absolute Gasteiger partial charge is 0.377 e. The van der Waals surface area contributed by atoms with Gasteiger partial charge in [-0.25, -0.2) is 0 Å². The zero-order chi connectivity index (χ0) is 18.8. The number of nitrogens with one attached hydrogen (secondary N) is 2. The normalized spacial score (nSPS) is 13.5. The fourth-order valence-electron chi connectivity index (χ4n) is 3.03. The predicted octanol–water partition coefficient (Wildman–Crippen LogP) is 4.36. The second-order valence-corrected chi connectivity index (χ2v) is 7.58. The maximum atomic E-state index is 12.4. The first-order chi connectivity index (χ1) is 13.1. The fourth-order valence-corrected chi connectivity index (χ4v) is 4.03. The first-order valence-electron chi connectivity index (χ1n) is 8.90. The van der Waals surface area contributed by atoms with Gasteiger partial charge in [0.05, 0.1) is 4.92 Å². The minimum atomic E-state index is -0.445. The molecule has 6 nitrogen and oxygen atoms in total. The number of fused-ring (bicyclic) bond motifs is 1. The van der Waals surface area contributed by atoms with Gasteiger partial charge in [0.25, 0.3) is 11.6 Å². The van der Waals surface area contributed by atoms with Gasteiger partial charge in [-0.15, -0.1) is 11.3 Å². The van der Waals surface area contributed by atoms with Gasteiger partial charge < -0.3 is 10.6 Å². The van der Waals surface area contributed by atoms with E-state index in [-0.39, 0.29) is 11.6 Å². The lowest BCUT2D eigenvalue weighted by Gasteiger charge is -2.08. The molecule has 2 aromatic carbocycles. The lowest BCUT2D eigenvalue weighted by molar-refractivity contribution is -0.384. The van der Waals surface area contributed by atoms with Crippen molar-refractivity contribution in [3.05, 3.63) is 69.1 Å². The van der Waals surface area contributed by atoms with Crippen LogP contribution >= 0.6 is 11.3 Å². The third-order valence-electron chi connectivity index (χ3n) is 4.63. The van der Waals surface area contributed by atoms with E-state index in [1.54, 1.807) is 23.5 Å². The van der Waals surface area contributed by atoms with Crippen molar-refractivity contribution in [2.45, 2.75) is 25.3 Å². The Morgan fingerprint density at radius 3 is 2.81 bits per heavy atom.